The molecule has 0 saturated carbocycles. The average molecular weight is 1200 g/mol. The molecule has 0 unspecified atom stereocenters. The van der Waals surface area contributed by atoms with Crippen molar-refractivity contribution in [1.82, 2.24) is 0 Å². The largest absolute Gasteiger partial charge is 0.356 e. The number of nitrogens with one attached hydrogen (secondary N) is 4. The van der Waals surface area contributed by atoms with Gasteiger partial charge in [-0.15, -0.1) is 0 Å². The summed E-state index contributed by atoms with van der Waals surface area (Å²) >= 11 is 0. The minimum Gasteiger partial charge on any atom is -0.356 e. The molecule has 0 atom stereocenters. The number of hydrogen-bond acceptors (Lipinski definition) is 4. The Morgan fingerprint density at radius 1 is 0.149 bits per heavy atom. The lowest BCUT2D eigenvalue weighted by Crippen LogP contribution is -1.91. The third-order valence-electron chi connectivity index (χ3n) is 17.5. The van der Waals surface area contributed by atoms with E-state index in [0.29, 0.717) is 0 Å². The number of benzene rings is 17. The molecule has 0 amide bonds. The van der Waals surface area contributed by atoms with Crippen LogP contribution in [0.2, 0.25) is 0 Å². The van der Waals surface area contributed by atoms with Gasteiger partial charge in [-0.05, 0) is 195 Å². The van der Waals surface area contributed by atoms with Crippen molar-refractivity contribution >= 4 is 110 Å². The standard InChI is InChI=1S/C24H17N.C24H19N.C22H15N.C20H15N/c1-2-8-17(9-3-1)25-18-14-15-23-21-12-5-4-10-19(21)20-11-6-7-13-22(20)24(23)16-18;1-3-10-19(11-4-1)23-16-7-8-17-24(23)20-12-9-15-22(18-20)25-21-13-5-2-6-14-21;1-2-7-15(8-3-1)23-21-14-13-19-17-10-5-4-9-16(17)18-11-6-12-20(21)22(18)19;1-2-7-17(8-3-1)21-18-13-12-16-11-10-15-6-4-5-9-19(15)20(16)14-18/h1-16,25H;1-18,25H;1-14,23H;1-14,21H. The van der Waals surface area contributed by atoms with E-state index in [4.69, 9.17) is 0 Å². The van der Waals surface area contributed by atoms with Crippen LogP contribution in [0.15, 0.2) is 376 Å². The van der Waals surface area contributed by atoms with E-state index in [9.17, 15) is 0 Å². The van der Waals surface area contributed by atoms with Gasteiger partial charge in [0.05, 0.1) is 0 Å². The fourth-order valence-electron chi connectivity index (χ4n) is 13.1. The van der Waals surface area contributed by atoms with Crippen LogP contribution in [0.5, 0.6) is 0 Å². The number of fused-ring (bicyclic) bond motifs is 12. The molecule has 0 bridgehead atoms. The molecule has 17 aromatic rings. The molecular weight excluding hydrogens is 1140 g/mol. The fraction of sp³-hybridized carbons (Fsp3) is 0. The van der Waals surface area contributed by atoms with Crippen molar-refractivity contribution in [2.24, 2.45) is 0 Å². The smallest absolute Gasteiger partial charge is 0.0464 e. The Balaban J connectivity index is 0.000000104. The van der Waals surface area contributed by atoms with Gasteiger partial charge in [0.1, 0.15) is 0 Å². The molecule has 4 heteroatoms. The summed E-state index contributed by atoms with van der Waals surface area (Å²) in [4.78, 5) is 0. The summed E-state index contributed by atoms with van der Waals surface area (Å²) in [7, 11) is 0. The van der Waals surface area contributed by atoms with Gasteiger partial charge >= 0.3 is 0 Å². The molecule has 4 N–H and O–H groups in total. The molecule has 0 aromatic heterocycles. The first-order chi connectivity index (χ1) is 46.6. The van der Waals surface area contributed by atoms with Crippen LogP contribution in [0, 0.1) is 0 Å². The van der Waals surface area contributed by atoms with Gasteiger partial charge in [-0.1, -0.05) is 285 Å². The third kappa shape index (κ3) is 12.4. The highest BCUT2D eigenvalue weighted by atomic mass is 14.9. The lowest BCUT2D eigenvalue weighted by molar-refractivity contribution is 1.53. The molecular formula is C90H66N4. The summed E-state index contributed by atoms with van der Waals surface area (Å²) < 4.78 is 0. The van der Waals surface area contributed by atoms with Gasteiger partial charge in [-0.2, -0.15) is 0 Å². The highest BCUT2D eigenvalue weighted by Gasteiger charge is 2.22. The number of rotatable bonds is 10. The predicted molar refractivity (Wildman–Crippen MR) is 405 cm³/mol. The van der Waals surface area contributed by atoms with Crippen molar-refractivity contribution < 1.29 is 0 Å². The number of hydrogen-bond donors (Lipinski definition) is 4. The normalized spacial score (nSPS) is 11.0. The van der Waals surface area contributed by atoms with E-state index in [1.165, 1.54) is 109 Å². The average Bonchev–Trinajstić information content (AvgIpc) is 1.42. The van der Waals surface area contributed by atoms with Crippen LogP contribution in [0.25, 0.3) is 109 Å². The summed E-state index contributed by atoms with van der Waals surface area (Å²) in [5, 5.41) is 29.6. The van der Waals surface area contributed by atoms with Crippen molar-refractivity contribution in [3.05, 3.63) is 376 Å². The molecule has 0 saturated heterocycles. The molecule has 94 heavy (non-hydrogen) atoms. The maximum Gasteiger partial charge on any atom is 0.0464 e. The van der Waals surface area contributed by atoms with Crippen LogP contribution in [0.4, 0.5) is 45.5 Å². The Labute approximate surface area is 548 Å². The second-order valence-corrected chi connectivity index (χ2v) is 23.5. The van der Waals surface area contributed by atoms with Crippen LogP contribution >= 0.6 is 0 Å². The summed E-state index contributed by atoms with van der Waals surface area (Å²) in [5.74, 6) is 0. The Kier molecular flexibility index (Phi) is 16.6. The minimum atomic E-state index is 1.09. The molecule has 446 valence electrons. The fourth-order valence-corrected chi connectivity index (χ4v) is 13.1. The van der Waals surface area contributed by atoms with Crippen LogP contribution in [0.1, 0.15) is 0 Å². The molecule has 0 fully saturated rings. The third-order valence-corrected chi connectivity index (χ3v) is 17.5. The summed E-state index contributed by atoms with van der Waals surface area (Å²) in [6.07, 6.45) is 0. The lowest BCUT2D eigenvalue weighted by atomic mass is 9.94. The van der Waals surface area contributed by atoms with Gasteiger partial charge in [-0.25, -0.2) is 0 Å². The molecule has 1 aliphatic rings. The van der Waals surface area contributed by atoms with Crippen LogP contribution in [-0.2, 0) is 0 Å². The van der Waals surface area contributed by atoms with E-state index in [2.05, 4.69) is 337 Å². The molecule has 1 aliphatic carbocycles. The Hall–Kier alpha value is -12.5. The van der Waals surface area contributed by atoms with Crippen LogP contribution in [-0.4, -0.2) is 0 Å². The molecule has 4 nitrogen and oxygen atoms in total. The molecule has 0 aliphatic heterocycles. The molecule has 17 aromatic carbocycles. The van der Waals surface area contributed by atoms with Crippen molar-refractivity contribution in [3.8, 4) is 44.5 Å². The monoisotopic (exact) mass is 1200 g/mol. The van der Waals surface area contributed by atoms with Crippen LogP contribution < -0.4 is 21.3 Å². The summed E-state index contributed by atoms with van der Waals surface area (Å²) in [6.45, 7) is 0. The Morgan fingerprint density at radius 3 is 1.05 bits per heavy atom. The van der Waals surface area contributed by atoms with Crippen molar-refractivity contribution in [2.75, 3.05) is 21.3 Å². The van der Waals surface area contributed by atoms with Crippen molar-refractivity contribution in [1.29, 1.82) is 0 Å². The van der Waals surface area contributed by atoms with Gasteiger partial charge in [0.2, 0.25) is 0 Å². The van der Waals surface area contributed by atoms with E-state index >= 15 is 0 Å². The van der Waals surface area contributed by atoms with E-state index in [1.807, 2.05) is 60.7 Å². The summed E-state index contributed by atoms with van der Waals surface area (Å²) in [5.41, 5.74) is 19.2. The maximum absolute atomic E-state index is 3.56. The minimum absolute atomic E-state index is 1.09. The van der Waals surface area contributed by atoms with Crippen molar-refractivity contribution in [3.63, 3.8) is 0 Å². The van der Waals surface area contributed by atoms with Crippen molar-refractivity contribution in [2.45, 2.75) is 0 Å². The first kappa shape index (κ1) is 57.9. The van der Waals surface area contributed by atoms with E-state index < -0.39 is 0 Å². The van der Waals surface area contributed by atoms with Gasteiger partial charge in [0, 0.05) is 50.9 Å². The predicted octanol–water partition coefficient (Wildman–Crippen LogP) is 25.6. The van der Waals surface area contributed by atoms with Gasteiger partial charge in [0.25, 0.3) is 0 Å². The Morgan fingerprint density at radius 2 is 0.489 bits per heavy atom. The first-order valence-electron chi connectivity index (χ1n) is 32.1. The Bertz CT molecular complexity index is 5420. The molecule has 0 radical (unpaired) electrons. The van der Waals surface area contributed by atoms with E-state index in [-0.39, 0.29) is 0 Å². The van der Waals surface area contributed by atoms with Gasteiger partial charge < -0.3 is 21.3 Å². The zero-order valence-corrected chi connectivity index (χ0v) is 51.8. The topological polar surface area (TPSA) is 48.1 Å². The lowest BCUT2D eigenvalue weighted by Gasteiger charge is -2.12. The van der Waals surface area contributed by atoms with E-state index in [1.54, 1.807) is 0 Å². The molecule has 18 rings (SSSR count). The number of para-hydroxylation sites is 4. The quantitative estimate of drug-likeness (QED) is 0.103. The SMILES string of the molecule is c1ccc(Nc2ccc3c4c(cccc24)-c2ccccc2-3)cc1.c1ccc(Nc2ccc3c4ccccc4c4ccccc4c3c2)cc1.c1ccc(Nc2ccc3ccc4ccccc4c3c2)cc1.c1ccc(Nc2cccc(-c3ccccc3-c3ccccc3)c2)cc1. The summed E-state index contributed by atoms with van der Waals surface area (Å²) in [6, 6.07) is 132. The molecule has 0 spiro atoms. The first-order valence-corrected chi connectivity index (χ1v) is 32.1. The zero-order chi connectivity index (χ0) is 62.8. The highest BCUT2D eigenvalue weighted by molar-refractivity contribution is 6.26. The zero-order valence-electron chi connectivity index (χ0n) is 51.8. The second kappa shape index (κ2) is 26.9. The second-order valence-electron chi connectivity index (χ2n) is 23.5. The van der Waals surface area contributed by atoms with Gasteiger partial charge in [0.15, 0.2) is 0 Å². The maximum atomic E-state index is 3.56. The van der Waals surface area contributed by atoms with E-state index in [0.717, 1.165) is 45.5 Å². The highest BCUT2D eigenvalue weighted by Crippen LogP contribution is 2.49. The van der Waals surface area contributed by atoms with Crippen LogP contribution in [0.3, 0.4) is 0 Å². The number of anilines is 8. The molecule has 0 heterocycles. The van der Waals surface area contributed by atoms with Gasteiger partial charge in [-0.3, -0.25) is 0 Å².